The predicted molar refractivity (Wildman–Crippen MR) is 140 cm³/mol. The molecule has 1 aliphatic carbocycles. The molecule has 3 aromatic rings. The molecular weight excluding hydrogens is 529 g/mol. The Morgan fingerprint density at radius 3 is 2.77 bits per heavy atom. The van der Waals surface area contributed by atoms with Crippen LogP contribution in [0.1, 0.15) is 38.8 Å². The number of anilines is 1. The van der Waals surface area contributed by atoms with Crippen LogP contribution in [-0.4, -0.2) is 62.1 Å². The Bertz CT molecular complexity index is 1410. The third kappa shape index (κ3) is 5.37. The zero-order valence-corrected chi connectivity index (χ0v) is 22.3. The molecule has 1 unspecified atom stereocenters. The van der Waals surface area contributed by atoms with Crippen LogP contribution < -0.4 is 20.1 Å². The fourth-order valence-corrected chi connectivity index (χ4v) is 6.59. The number of benzene rings is 1. The van der Waals surface area contributed by atoms with E-state index in [0.717, 1.165) is 25.7 Å². The molecule has 16 heteroatoms. The Labute approximate surface area is 223 Å². The van der Waals surface area contributed by atoms with E-state index in [1.807, 2.05) is 6.07 Å². The van der Waals surface area contributed by atoms with Gasteiger partial charge in [0, 0.05) is 11.0 Å². The highest BCUT2D eigenvalue weighted by Gasteiger charge is 2.55. The van der Waals surface area contributed by atoms with Crippen LogP contribution in [0.4, 0.5) is 5.95 Å². The Morgan fingerprint density at radius 2 is 2.08 bits per heavy atom. The summed E-state index contributed by atoms with van der Waals surface area (Å²) in [7, 11) is -2.46. The number of ether oxygens (including phenoxy) is 2. The molecule has 4 N–H and O–H groups in total. The second-order valence-electron chi connectivity index (χ2n) is 9.61. The van der Waals surface area contributed by atoms with Crippen LogP contribution in [0.3, 0.4) is 0 Å². The van der Waals surface area contributed by atoms with Crippen molar-refractivity contribution in [3.05, 3.63) is 47.1 Å². The number of aliphatic hydroxyl groups is 1. The van der Waals surface area contributed by atoms with Gasteiger partial charge in [0.05, 0.1) is 26.1 Å². The van der Waals surface area contributed by atoms with Gasteiger partial charge >= 0.3 is 7.75 Å². The molecule has 1 saturated carbocycles. The molecule has 208 valence electrons. The van der Waals surface area contributed by atoms with Crippen molar-refractivity contribution in [1.82, 2.24) is 24.6 Å². The lowest BCUT2D eigenvalue weighted by atomic mass is 9.93. The zero-order valence-electron chi connectivity index (χ0n) is 21.5. The van der Waals surface area contributed by atoms with Crippen molar-refractivity contribution < 1.29 is 28.2 Å². The van der Waals surface area contributed by atoms with E-state index in [9.17, 15) is 15.2 Å². The molecule has 2 fully saturated rings. The molecule has 2 aromatic heterocycles. The van der Waals surface area contributed by atoms with Gasteiger partial charge in [-0.1, -0.05) is 36.2 Å². The smallest absolute Gasteiger partial charge is 0.459 e. The molecular formula is C23H30N9O6P. The van der Waals surface area contributed by atoms with Crippen molar-refractivity contribution in [2.75, 3.05) is 19.5 Å². The monoisotopic (exact) mass is 559 g/mol. The molecule has 3 heterocycles. The van der Waals surface area contributed by atoms with Gasteiger partial charge in [0.15, 0.2) is 17.4 Å². The molecule has 0 amide bonds. The van der Waals surface area contributed by atoms with Gasteiger partial charge < -0.3 is 24.8 Å². The minimum Gasteiger partial charge on any atom is -0.479 e. The first-order valence-corrected chi connectivity index (χ1v) is 14.0. The highest BCUT2D eigenvalue weighted by atomic mass is 31.2. The highest BCUT2D eigenvalue weighted by Crippen LogP contribution is 2.49. The largest absolute Gasteiger partial charge is 0.479 e. The topological polar surface area (TPSA) is 205 Å². The van der Waals surface area contributed by atoms with Crippen molar-refractivity contribution in [3.63, 3.8) is 0 Å². The van der Waals surface area contributed by atoms with Crippen LogP contribution in [0.5, 0.6) is 11.6 Å². The van der Waals surface area contributed by atoms with E-state index >= 15 is 0 Å². The maximum Gasteiger partial charge on any atom is 0.459 e. The fourth-order valence-electron chi connectivity index (χ4n) is 4.96. The van der Waals surface area contributed by atoms with Crippen molar-refractivity contribution in [2.24, 2.45) is 5.11 Å². The second kappa shape index (κ2) is 11.0. The molecule has 39 heavy (non-hydrogen) atoms. The third-order valence-corrected chi connectivity index (χ3v) is 8.56. The van der Waals surface area contributed by atoms with E-state index in [0.29, 0.717) is 11.3 Å². The summed E-state index contributed by atoms with van der Waals surface area (Å²) in [6, 6.07) is 8.65. The van der Waals surface area contributed by atoms with Crippen molar-refractivity contribution in [2.45, 2.75) is 62.6 Å². The van der Waals surface area contributed by atoms with Crippen LogP contribution in [0.25, 0.3) is 21.6 Å². The first-order valence-electron chi connectivity index (χ1n) is 12.5. The van der Waals surface area contributed by atoms with E-state index in [1.54, 1.807) is 24.3 Å². The molecule has 5 rings (SSSR count). The second-order valence-corrected chi connectivity index (χ2v) is 11.3. The van der Waals surface area contributed by atoms with Crippen molar-refractivity contribution >= 4 is 24.9 Å². The number of para-hydroxylation sites is 1. The van der Waals surface area contributed by atoms with Crippen molar-refractivity contribution in [1.29, 1.82) is 0 Å². The van der Waals surface area contributed by atoms with Gasteiger partial charge in [0.25, 0.3) is 0 Å². The number of hydrogen-bond donors (Lipinski definition) is 3. The van der Waals surface area contributed by atoms with Gasteiger partial charge in [0.1, 0.15) is 17.4 Å². The number of imidazole rings is 1. The number of nitrogens with one attached hydrogen (secondary N) is 1. The summed E-state index contributed by atoms with van der Waals surface area (Å²) < 4.78 is 38.4. The van der Waals surface area contributed by atoms with Crippen LogP contribution >= 0.6 is 7.75 Å². The van der Waals surface area contributed by atoms with Gasteiger partial charge in [-0.2, -0.15) is 9.97 Å². The summed E-state index contributed by atoms with van der Waals surface area (Å²) in [4.78, 5) is 15.5. The number of aliphatic hydroxyl groups excluding tert-OH is 1. The number of methoxy groups -OCH3 is 1. The first kappa shape index (κ1) is 27.1. The minimum absolute atomic E-state index is 0.0346. The van der Waals surface area contributed by atoms with Gasteiger partial charge in [0.2, 0.25) is 11.8 Å². The summed E-state index contributed by atoms with van der Waals surface area (Å²) in [6.07, 6.45) is 1.63. The van der Waals surface area contributed by atoms with Gasteiger partial charge in [-0.05, 0) is 37.4 Å². The molecule has 5 atom stereocenters. The van der Waals surface area contributed by atoms with Crippen LogP contribution in [0.2, 0.25) is 0 Å². The summed E-state index contributed by atoms with van der Waals surface area (Å²) in [5.41, 5.74) is 14.2. The molecule has 1 saturated heterocycles. The van der Waals surface area contributed by atoms with Gasteiger partial charge in [-0.3, -0.25) is 9.09 Å². The van der Waals surface area contributed by atoms with E-state index in [1.165, 1.54) is 24.9 Å². The Hall–Kier alpha value is -3.45. The first-order chi connectivity index (χ1) is 18.8. The predicted octanol–water partition coefficient (Wildman–Crippen LogP) is 3.48. The number of aromatic nitrogens is 4. The molecule has 0 spiro atoms. The molecule has 0 bridgehead atoms. The quantitative estimate of drug-likeness (QED) is 0.142. The lowest BCUT2D eigenvalue weighted by Crippen LogP contribution is -2.43. The summed E-state index contributed by atoms with van der Waals surface area (Å²) in [5.74, 6) is 0.450. The average Bonchev–Trinajstić information content (AvgIpc) is 3.63. The summed E-state index contributed by atoms with van der Waals surface area (Å²) in [5, 5.41) is 18.2. The van der Waals surface area contributed by atoms with Gasteiger partial charge in [-0.25, -0.2) is 14.6 Å². The van der Waals surface area contributed by atoms with E-state index in [2.05, 4.69) is 30.1 Å². The number of rotatable bonds is 10. The maximum absolute atomic E-state index is 13.8. The normalized spacial score (nSPS) is 26.8. The number of hydrogen-bond acceptors (Lipinski definition) is 11. The number of azide groups is 1. The lowest BCUT2D eigenvalue weighted by molar-refractivity contribution is -0.0424. The van der Waals surface area contributed by atoms with E-state index in [4.69, 9.17) is 24.3 Å². The third-order valence-electron chi connectivity index (χ3n) is 6.94. The number of fused-ring (bicyclic) bond motifs is 1. The molecule has 1 aromatic carbocycles. The lowest BCUT2D eigenvalue weighted by Gasteiger charge is -2.28. The molecule has 15 nitrogen and oxygen atoms in total. The van der Waals surface area contributed by atoms with Crippen LogP contribution in [-0.2, 0) is 13.8 Å². The maximum atomic E-state index is 13.8. The molecule has 2 aliphatic rings. The minimum atomic E-state index is -3.88. The van der Waals surface area contributed by atoms with Crippen molar-refractivity contribution in [3.8, 4) is 11.6 Å². The van der Waals surface area contributed by atoms with Gasteiger partial charge in [-0.15, -0.1) is 0 Å². The zero-order chi connectivity index (χ0) is 27.6. The number of nitrogen functional groups attached to an aromatic ring is 1. The van der Waals surface area contributed by atoms with Crippen LogP contribution in [0, 0.1) is 0 Å². The Morgan fingerprint density at radius 1 is 1.33 bits per heavy atom. The van der Waals surface area contributed by atoms with E-state index < -0.39 is 31.7 Å². The molecule has 1 aliphatic heterocycles. The standard InChI is InChI=1S/C23H30N9O6P/c1-23(30-31-25)18(33)16(37-21(23)32-13-26-17-19(32)27-22(24)28-20(17)35-2)12-36-39(34,29-14-8-6-7-9-14)38-15-10-4-3-5-11-15/h3-5,10-11,13-14,16,18,21,33H,6-9,12H2,1-2H3,(H,29,34)(H2,24,27,28)/t16-,18-,21+,23-,39?/m1/s1. The Balaban J connectivity index is 1.42. The summed E-state index contributed by atoms with van der Waals surface area (Å²) in [6.45, 7) is 1.21. The fraction of sp³-hybridized carbons (Fsp3) is 0.522. The van der Waals surface area contributed by atoms with E-state index in [-0.39, 0.29) is 30.1 Å². The number of nitrogens with two attached hydrogens (primary N) is 1. The number of nitrogens with zero attached hydrogens (tertiary/aromatic N) is 7. The average molecular weight is 560 g/mol. The molecule has 0 radical (unpaired) electrons. The Kier molecular flexibility index (Phi) is 7.63. The van der Waals surface area contributed by atoms with Crippen LogP contribution in [0.15, 0.2) is 41.8 Å². The summed E-state index contributed by atoms with van der Waals surface area (Å²) >= 11 is 0. The SMILES string of the molecule is COc1nc(N)nc2c1ncn2[C@H]1O[C@H](COP(=O)(NC2CCCC2)Oc2ccccc2)[C@@H](O)[C@@]1(C)N=[N+]=[N-]. The highest BCUT2D eigenvalue weighted by molar-refractivity contribution is 7.52.